The number of hydrogen-bond acceptors (Lipinski definition) is 3. The Hall–Kier alpha value is -1.50. The first-order valence-corrected chi connectivity index (χ1v) is 6.06. The molecule has 0 spiro atoms. The third-order valence-corrected chi connectivity index (χ3v) is 3.14. The Bertz CT molecular complexity index is 592. The molecule has 1 aromatic heterocycles. The fraction of sp³-hybridized carbons (Fsp3) is 0.300. The minimum absolute atomic E-state index is 0.0732. The number of aromatic nitrogens is 4. The standard InChI is InChI=1S/C10H10BrFN4O/c1-6-2-3-9(12)8(7(6)4-11)5-16-10(17)13-14-15-16/h2-3H,4-5H2,1H3,(H,13,15,17). The maximum absolute atomic E-state index is 13.7. The van der Waals surface area contributed by atoms with E-state index in [1.807, 2.05) is 6.92 Å². The van der Waals surface area contributed by atoms with Crippen LogP contribution in [0.3, 0.4) is 0 Å². The topological polar surface area (TPSA) is 63.6 Å². The zero-order valence-electron chi connectivity index (χ0n) is 9.07. The molecule has 7 heteroatoms. The van der Waals surface area contributed by atoms with Gasteiger partial charge in [-0.1, -0.05) is 22.0 Å². The molecule has 0 amide bonds. The molecule has 0 saturated heterocycles. The van der Waals surface area contributed by atoms with Gasteiger partial charge in [-0.05, 0) is 34.5 Å². The lowest BCUT2D eigenvalue weighted by molar-refractivity contribution is 0.567. The first-order chi connectivity index (χ1) is 8.13. The minimum Gasteiger partial charge on any atom is -0.245 e. The summed E-state index contributed by atoms with van der Waals surface area (Å²) in [5.41, 5.74) is 1.80. The van der Waals surface area contributed by atoms with Crippen molar-refractivity contribution in [2.45, 2.75) is 18.8 Å². The van der Waals surface area contributed by atoms with E-state index in [1.165, 1.54) is 6.07 Å². The number of hydrogen-bond donors (Lipinski definition) is 1. The molecule has 0 aliphatic rings. The lowest BCUT2D eigenvalue weighted by Crippen LogP contribution is -2.20. The van der Waals surface area contributed by atoms with Gasteiger partial charge in [-0.2, -0.15) is 4.68 Å². The summed E-state index contributed by atoms with van der Waals surface area (Å²) in [5.74, 6) is -0.347. The highest BCUT2D eigenvalue weighted by molar-refractivity contribution is 9.08. The van der Waals surface area contributed by atoms with E-state index >= 15 is 0 Å². The van der Waals surface area contributed by atoms with Gasteiger partial charge < -0.3 is 0 Å². The second-order valence-corrected chi connectivity index (χ2v) is 4.18. The number of tetrazole rings is 1. The molecule has 0 fully saturated rings. The van der Waals surface area contributed by atoms with Crippen molar-refractivity contribution in [2.24, 2.45) is 0 Å². The highest BCUT2D eigenvalue weighted by Crippen LogP contribution is 2.21. The summed E-state index contributed by atoms with van der Waals surface area (Å²) in [7, 11) is 0. The fourth-order valence-corrected chi connectivity index (χ4v) is 2.39. The molecule has 1 heterocycles. The lowest BCUT2D eigenvalue weighted by Gasteiger charge is -2.10. The van der Waals surface area contributed by atoms with E-state index in [0.717, 1.165) is 15.8 Å². The number of H-pyrrole nitrogens is 1. The van der Waals surface area contributed by atoms with E-state index in [-0.39, 0.29) is 12.4 Å². The van der Waals surface area contributed by atoms with E-state index in [0.29, 0.717) is 10.9 Å². The van der Waals surface area contributed by atoms with Crippen LogP contribution in [0.15, 0.2) is 16.9 Å². The average molecular weight is 301 g/mol. The number of benzene rings is 1. The molecule has 1 aromatic carbocycles. The second kappa shape index (κ2) is 4.79. The van der Waals surface area contributed by atoms with Crippen LogP contribution in [0.25, 0.3) is 0 Å². The Kier molecular flexibility index (Phi) is 3.37. The SMILES string of the molecule is Cc1ccc(F)c(Cn2nn[nH]c2=O)c1CBr. The normalized spacial score (nSPS) is 10.8. The first-order valence-electron chi connectivity index (χ1n) is 4.94. The molecule has 0 radical (unpaired) electrons. The molecule has 2 rings (SSSR count). The smallest absolute Gasteiger partial charge is 0.245 e. The Morgan fingerprint density at radius 1 is 1.47 bits per heavy atom. The number of nitrogens with one attached hydrogen (secondary N) is 1. The van der Waals surface area contributed by atoms with Crippen molar-refractivity contribution < 1.29 is 4.39 Å². The van der Waals surface area contributed by atoms with Crippen LogP contribution in [0.5, 0.6) is 0 Å². The Morgan fingerprint density at radius 3 is 2.82 bits per heavy atom. The Labute approximate surface area is 105 Å². The molecule has 0 aliphatic carbocycles. The summed E-state index contributed by atoms with van der Waals surface area (Å²) in [6.45, 7) is 1.97. The number of nitrogens with zero attached hydrogens (tertiary/aromatic N) is 3. The zero-order valence-corrected chi connectivity index (χ0v) is 10.7. The summed E-state index contributed by atoms with van der Waals surface area (Å²) in [4.78, 5) is 11.3. The number of aromatic amines is 1. The molecule has 0 bridgehead atoms. The van der Waals surface area contributed by atoms with Gasteiger partial charge >= 0.3 is 5.69 Å². The van der Waals surface area contributed by atoms with Crippen LogP contribution in [0.1, 0.15) is 16.7 Å². The summed E-state index contributed by atoms with van der Waals surface area (Å²) >= 11 is 3.32. The van der Waals surface area contributed by atoms with E-state index in [4.69, 9.17) is 0 Å². The lowest BCUT2D eigenvalue weighted by atomic mass is 10.0. The van der Waals surface area contributed by atoms with E-state index < -0.39 is 5.69 Å². The van der Waals surface area contributed by atoms with Crippen molar-refractivity contribution in [1.29, 1.82) is 0 Å². The van der Waals surface area contributed by atoms with Crippen LogP contribution in [-0.2, 0) is 11.9 Å². The van der Waals surface area contributed by atoms with E-state index in [1.54, 1.807) is 6.07 Å². The number of halogens is 2. The molecule has 1 N–H and O–H groups in total. The molecule has 17 heavy (non-hydrogen) atoms. The molecule has 0 unspecified atom stereocenters. The van der Waals surface area contributed by atoms with Crippen molar-refractivity contribution >= 4 is 15.9 Å². The van der Waals surface area contributed by atoms with Crippen LogP contribution in [0, 0.1) is 12.7 Å². The minimum atomic E-state index is -0.452. The van der Waals surface area contributed by atoms with Crippen molar-refractivity contribution in [1.82, 2.24) is 20.2 Å². The third kappa shape index (κ3) is 2.28. The third-order valence-electron chi connectivity index (χ3n) is 2.58. The molecule has 0 aliphatic heterocycles. The van der Waals surface area contributed by atoms with Gasteiger partial charge in [0.1, 0.15) is 5.82 Å². The van der Waals surface area contributed by atoms with Crippen LogP contribution in [-0.4, -0.2) is 20.2 Å². The van der Waals surface area contributed by atoms with Gasteiger partial charge in [-0.3, -0.25) is 0 Å². The first kappa shape index (κ1) is 12.0. The summed E-state index contributed by atoms with van der Waals surface area (Å²) in [6, 6.07) is 3.10. The second-order valence-electron chi connectivity index (χ2n) is 3.62. The molecular formula is C10H10BrFN4O. The summed E-state index contributed by atoms with van der Waals surface area (Å²) in [5, 5.41) is 9.64. The van der Waals surface area contributed by atoms with Gasteiger partial charge in [-0.25, -0.2) is 14.3 Å². The van der Waals surface area contributed by atoms with Crippen molar-refractivity contribution in [2.75, 3.05) is 0 Å². The zero-order chi connectivity index (χ0) is 12.4. The quantitative estimate of drug-likeness (QED) is 0.871. The number of rotatable bonds is 3. The van der Waals surface area contributed by atoms with Crippen LogP contribution in [0.4, 0.5) is 4.39 Å². The number of alkyl halides is 1. The van der Waals surface area contributed by atoms with Crippen molar-refractivity contribution in [3.63, 3.8) is 0 Å². The summed E-state index contributed by atoms with van der Waals surface area (Å²) < 4.78 is 14.8. The van der Waals surface area contributed by atoms with Gasteiger partial charge in [-0.15, -0.1) is 0 Å². The van der Waals surface area contributed by atoms with Crippen molar-refractivity contribution in [3.05, 3.63) is 45.1 Å². The molecule has 0 saturated carbocycles. The van der Waals surface area contributed by atoms with Crippen molar-refractivity contribution in [3.8, 4) is 0 Å². The van der Waals surface area contributed by atoms with E-state index in [2.05, 4.69) is 31.5 Å². The van der Waals surface area contributed by atoms with Gasteiger partial charge in [0.05, 0.1) is 6.54 Å². The molecular weight excluding hydrogens is 291 g/mol. The molecule has 90 valence electrons. The Balaban J connectivity index is 2.48. The van der Waals surface area contributed by atoms with Gasteiger partial charge in [0.2, 0.25) is 0 Å². The maximum Gasteiger partial charge on any atom is 0.361 e. The van der Waals surface area contributed by atoms with Crippen LogP contribution in [0.2, 0.25) is 0 Å². The van der Waals surface area contributed by atoms with Crippen LogP contribution < -0.4 is 5.69 Å². The summed E-state index contributed by atoms with van der Waals surface area (Å²) in [6.07, 6.45) is 0. The predicted molar refractivity (Wildman–Crippen MR) is 63.5 cm³/mol. The number of aryl methyl sites for hydroxylation is 1. The monoisotopic (exact) mass is 300 g/mol. The molecule has 2 aromatic rings. The highest BCUT2D eigenvalue weighted by atomic mass is 79.9. The molecule has 0 atom stereocenters. The average Bonchev–Trinajstić information content (AvgIpc) is 2.70. The van der Waals surface area contributed by atoms with Gasteiger partial charge in [0.25, 0.3) is 0 Å². The van der Waals surface area contributed by atoms with Gasteiger partial charge in [0, 0.05) is 10.9 Å². The highest BCUT2D eigenvalue weighted by Gasteiger charge is 2.12. The Morgan fingerprint density at radius 2 is 2.24 bits per heavy atom. The van der Waals surface area contributed by atoms with Crippen LogP contribution >= 0.6 is 15.9 Å². The fourth-order valence-electron chi connectivity index (χ4n) is 1.61. The van der Waals surface area contributed by atoms with E-state index in [9.17, 15) is 9.18 Å². The largest absolute Gasteiger partial charge is 0.361 e. The predicted octanol–water partition coefficient (Wildman–Crippen LogP) is 1.36. The van der Waals surface area contributed by atoms with Gasteiger partial charge in [0.15, 0.2) is 0 Å². The molecule has 5 nitrogen and oxygen atoms in total. The maximum atomic E-state index is 13.7.